The molecule has 0 bridgehead atoms. The number of non-ortho nitro benzene ring substituents is 2. The lowest BCUT2D eigenvalue weighted by molar-refractivity contribution is -0.385. The van der Waals surface area contributed by atoms with Gasteiger partial charge in [-0.05, 0) is 17.7 Å². The molecule has 0 aromatic heterocycles. The van der Waals surface area contributed by atoms with Gasteiger partial charge in [-0.3, -0.25) is 20.2 Å². The van der Waals surface area contributed by atoms with Crippen LogP contribution in [-0.4, -0.2) is 21.7 Å². The molecule has 10 heteroatoms. The number of rotatable bonds is 4. The lowest BCUT2D eigenvalue weighted by atomic mass is 10.1. The topological polar surface area (TPSA) is 125 Å². The van der Waals surface area contributed by atoms with Crippen LogP contribution < -0.4 is 0 Å². The molecular formula is C16H8ClN3O6. The molecule has 0 amide bonds. The van der Waals surface area contributed by atoms with E-state index in [1.807, 2.05) is 0 Å². The van der Waals surface area contributed by atoms with Crippen LogP contribution in [0.4, 0.5) is 11.4 Å². The van der Waals surface area contributed by atoms with Crippen molar-refractivity contribution in [3.8, 4) is 0 Å². The van der Waals surface area contributed by atoms with Gasteiger partial charge in [0.1, 0.15) is 0 Å². The van der Waals surface area contributed by atoms with E-state index in [9.17, 15) is 25.0 Å². The van der Waals surface area contributed by atoms with Crippen molar-refractivity contribution in [3.63, 3.8) is 0 Å². The minimum atomic E-state index is -0.797. The third kappa shape index (κ3) is 3.42. The van der Waals surface area contributed by atoms with Crippen LogP contribution in [-0.2, 0) is 9.53 Å². The van der Waals surface area contributed by atoms with Crippen LogP contribution in [0.5, 0.6) is 0 Å². The van der Waals surface area contributed by atoms with E-state index in [0.29, 0.717) is 5.56 Å². The van der Waals surface area contributed by atoms with Gasteiger partial charge in [0, 0.05) is 24.3 Å². The van der Waals surface area contributed by atoms with E-state index >= 15 is 0 Å². The van der Waals surface area contributed by atoms with Crippen LogP contribution in [0.1, 0.15) is 11.1 Å². The summed E-state index contributed by atoms with van der Waals surface area (Å²) < 4.78 is 5.03. The molecular weight excluding hydrogens is 366 g/mol. The predicted octanol–water partition coefficient (Wildman–Crippen LogP) is 3.50. The van der Waals surface area contributed by atoms with Crippen LogP contribution in [0.3, 0.4) is 0 Å². The highest BCUT2D eigenvalue weighted by molar-refractivity contribution is 6.34. The molecule has 1 heterocycles. The maximum atomic E-state index is 12.0. The van der Waals surface area contributed by atoms with Gasteiger partial charge in [-0.1, -0.05) is 23.7 Å². The van der Waals surface area contributed by atoms with E-state index in [4.69, 9.17) is 16.3 Å². The Labute approximate surface area is 150 Å². The molecule has 26 heavy (non-hydrogen) atoms. The highest BCUT2D eigenvalue weighted by atomic mass is 35.5. The predicted molar refractivity (Wildman–Crippen MR) is 91.8 cm³/mol. The standard InChI is InChI=1S/C16H8ClN3O6/c17-13-5-4-11(20(24)25)8-12(13)15-18-14(16(21)26-15)7-9-2-1-3-10(6-9)19(22)23/h1-8H. The SMILES string of the molecule is O=C1OC(c2cc([N+](=O)[O-])ccc2Cl)=NC1=Cc1cccc([N+](=O)[O-])c1. The summed E-state index contributed by atoms with van der Waals surface area (Å²) in [6, 6.07) is 9.26. The minimum Gasteiger partial charge on any atom is -0.402 e. The first-order chi connectivity index (χ1) is 12.3. The zero-order valence-electron chi connectivity index (χ0n) is 12.8. The van der Waals surface area contributed by atoms with Gasteiger partial charge in [0.15, 0.2) is 5.70 Å². The van der Waals surface area contributed by atoms with Crippen molar-refractivity contribution in [2.45, 2.75) is 0 Å². The zero-order chi connectivity index (χ0) is 18.8. The Morgan fingerprint density at radius 1 is 1.04 bits per heavy atom. The molecule has 0 aliphatic carbocycles. The quantitative estimate of drug-likeness (QED) is 0.349. The maximum Gasteiger partial charge on any atom is 0.363 e. The number of nitro groups is 2. The number of cyclic esters (lactones) is 1. The molecule has 0 N–H and O–H groups in total. The third-order valence-corrected chi connectivity index (χ3v) is 3.73. The fourth-order valence-corrected chi connectivity index (χ4v) is 2.40. The summed E-state index contributed by atoms with van der Waals surface area (Å²) in [6.07, 6.45) is 1.31. The second-order valence-corrected chi connectivity index (χ2v) is 5.52. The molecule has 0 spiro atoms. The number of benzene rings is 2. The van der Waals surface area contributed by atoms with E-state index in [-0.39, 0.29) is 33.6 Å². The molecule has 2 aromatic rings. The summed E-state index contributed by atoms with van der Waals surface area (Å²) >= 11 is 6.00. The Bertz CT molecular complexity index is 1010. The van der Waals surface area contributed by atoms with Gasteiger partial charge in [-0.2, -0.15) is 0 Å². The summed E-state index contributed by atoms with van der Waals surface area (Å²) in [6.45, 7) is 0. The largest absolute Gasteiger partial charge is 0.402 e. The van der Waals surface area contributed by atoms with Gasteiger partial charge in [0.2, 0.25) is 5.90 Å². The summed E-state index contributed by atoms with van der Waals surface area (Å²) in [5.41, 5.74) is -0.0167. The zero-order valence-corrected chi connectivity index (χ0v) is 13.5. The lowest BCUT2D eigenvalue weighted by Crippen LogP contribution is -2.06. The number of carbonyl (C=O) groups is 1. The van der Waals surface area contributed by atoms with Crippen LogP contribution >= 0.6 is 11.6 Å². The fraction of sp³-hybridized carbons (Fsp3) is 0. The molecule has 3 rings (SSSR count). The number of carbonyl (C=O) groups excluding carboxylic acids is 1. The molecule has 130 valence electrons. The average Bonchev–Trinajstić information content (AvgIpc) is 2.95. The van der Waals surface area contributed by atoms with Crippen molar-refractivity contribution in [2.24, 2.45) is 4.99 Å². The molecule has 0 fully saturated rings. The highest BCUT2D eigenvalue weighted by Gasteiger charge is 2.27. The first kappa shape index (κ1) is 17.2. The normalized spacial score (nSPS) is 14.9. The molecule has 2 aromatic carbocycles. The fourth-order valence-electron chi connectivity index (χ4n) is 2.20. The molecule has 0 saturated heterocycles. The Kier molecular flexibility index (Phi) is 4.46. The first-order valence-electron chi connectivity index (χ1n) is 7.06. The van der Waals surface area contributed by atoms with Crippen molar-refractivity contribution in [2.75, 3.05) is 0 Å². The van der Waals surface area contributed by atoms with Crippen LogP contribution in [0, 0.1) is 20.2 Å². The van der Waals surface area contributed by atoms with Crippen LogP contribution in [0.15, 0.2) is 53.2 Å². The number of esters is 1. The van der Waals surface area contributed by atoms with Gasteiger partial charge in [0.25, 0.3) is 11.4 Å². The van der Waals surface area contributed by atoms with Crippen LogP contribution in [0.25, 0.3) is 6.08 Å². The Hall–Kier alpha value is -3.59. The Balaban J connectivity index is 2.00. The maximum absolute atomic E-state index is 12.0. The van der Waals surface area contributed by atoms with Crippen molar-refractivity contribution in [1.29, 1.82) is 0 Å². The Morgan fingerprint density at radius 3 is 2.42 bits per heavy atom. The van der Waals surface area contributed by atoms with E-state index < -0.39 is 15.8 Å². The van der Waals surface area contributed by atoms with Crippen molar-refractivity contribution >= 4 is 40.9 Å². The van der Waals surface area contributed by atoms with E-state index in [1.54, 1.807) is 6.07 Å². The second-order valence-electron chi connectivity index (χ2n) is 5.11. The number of nitrogens with zero attached hydrogens (tertiary/aromatic N) is 3. The first-order valence-corrected chi connectivity index (χ1v) is 7.44. The third-order valence-electron chi connectivity index (χ3n) is 3.40. The average molecular weight is 374 g/mol. The number of nitro benzene ring substituents is 2. The van der Waals surface area contributed by atoms with E-state index in [1.165, 1.54) is 36.4 Å². The van der Waals surface area contributed by atoms with Gasteiger partial charge in [-0.15, -0.1) is 0 Å². The highest BCUT2D eigenvalue weighted by Crippen LogP contribution is 2.27. The van der Waals surface area contributed by atoms with Crippen molar-refractivity contribution in [3.05, 3.63) is 84.5 Å². The number of aliphatic imine (C=N–C) groups is 1. The second kappa shape index (κ2) is 6.73. The van der Waals surface area contributed by atoms with Gasteiger partial charge >= 0.3 is 5.97 Å². The smallest absolute Gasteiger partial charge is 0.363 e. The summed E-state index contributed by atoms with van der Waals surface area (Å²) in [4.78, 5) is 36.5. The summed E-state index contributed by atoms with van der Waals surface area (Å²) in [7, 11) is 0. The molecule has 0 radical (unpaired) electrons. The van der Waals surface area contributed by atoms with Gasteiger partial charge in [0.05, 0.1) is 20.4 Å². The summed E-state index contributed by atoms with van der Waals surface area (Å²) in [5.74, 6) is -0.977. The molecule has 0 unspecified atom stereocenters. The number of ether oxygens (including phenoxy) is 1. The van der Waals surface area contributed by atoms with E-state index in [2.05, 4.69) is 4.99 Å². The number of halogens is 1. The van der Waals surface area contributed by atoms with Crippen molar-refractivity contribution in [1.82, 2.24) is 0 Å². The van der Waals surface area contributed by atoms with E-state index in [0.717, 1.165) is 6.07 Å². The van der Waals surface area contributed by atoms with Crippen LogP contribution in [0.2, 0.25) is 5.02 Å². The minimum absolute atomic E-state index is 0.0941. The number of hydrogen-bond donors (Lipinski definition) is 0. The molecule has 0 saturated carbocycles. The molecule has 1 aliphatic heterocycles. The Morgan fingerprint density at radius 2 is 1.73 bits per heavy atom. The molecule has 1 aliphatic rings. The monoisotopic (exact) mass is 373 g/mol. The number of hydrogen-bond acceptors (Lipinski definition) is 7. The molecule has 0 atom stereocenters. The van der Waals surface area contributed by atoms with Gasteiger partial charge < -0.3 is 4.74 Å². The summed E-state index contributed by atoms with van der Waals surface area (Å²) in [5, 5.41) is 21.8. The molecule has 9 nitrogen and oxygen atoms in total. The van der Waals surface area contributed by atoms with Crippen molar-refractivity contribution < 1.29 is 19.4 Å². The van der Waals surface area contributed by atoms with Gasteiger partial charge in [-0.25, -0.2) is 9.79 Å². The lowest BCUT2D eigenvalue weighted by Gasteiger charge is -2.02.